The molecule has 0 heterocycles. The normalized spacial score (nSPS) is 11.5. The molecule has 0 saturated heterocycles. The minimum atomic E-state index is -1.26. The number of aliphatic hydroxyl groups excluding tert-OH is 1. The summed E-state index contributed by atoms with van der Waals surface area (Å²) in [5, 5.41) is 41.3. The molecule has 0 aliphatic carbocycles. The number of aliphatic hydroxyl groups is 1. The van der Waals surface area contributed by atoms with Crippen molar-refractivity contribution in [3.63, 3.8) is 0 Å². The van der Waals surface area contributed by atoms with E-state index >= 15 is 0 Å². The summed E-state index contributed by atoms with van der Waals surface area (Å²) in [6.07, 6.45) is 1.68. The Labute approximate surface area is 202 Å². The molecule has 0 aromatic heterocycles. The number of carboxylic acids is 2. The number of anilines is 1. The van der Waals surface area contributed by atoms with Gasteiger partial charge in [-0.25, -0.2) is 9.59 Å². The summed E-state index contributed by atoms with van der Waals surface area (Å²) in [4.78, 5) is 29.6. The maximum atomic E-state index is 10.5. The van der Waals surface area contributed by atoms with E-state index in [9.17, 15) is 24.6 Å². The van der Waals surface area contributed by atoms with Gasteiger partial charge in [-0.05, 0) is 48.7 Å². The van der Waals surface area contributed by atoms with E-state index in [1.54, 1.807) is 19.2 Å². The zero-order chi connectivity index (χ0) is 24.8. The van der Waals surface area contributed by atoms with Crippen molar-refractivity contribution in [3.05, 3.63) is 65.7 Å². The summed E-state index contributed by atoms with van der Waals surface area (Å²) in [6.45, 7) is 2.41. The second-order valence-electron chi connectivity index (χ2n) is 6.93. The molecule has 10 N–H and O–H groups in total. The summed E-state index contributed by atoms with van der Waals surface area (Å²) in [6, 6.07) is 12.7. The van der Waals surface area contributed by atoms with E-state index in [0.29, 0.717) is 30.7 Å². The van der Waals surface area contributed by atoms with Crippen LogP contribution in [0.4, 0.5) is 5.69 Å². The molecular formula is C23H32N2O10. The highest BCUT2D eigenvalue weighted by Crippen LogP contribution is 2.26. The monoisotopic (exact) mass is 496 g/mol. The molecule has 2 atom stereocenters. The van der Waals surface area contributed by atoms with Gasteiger partial charge in [0.25, 0.3) is 0 Å². The number of benzene rings is 2. The fourth-order valence-electron chi connectivity index (χ4n) is 2.70. The number of methoxy groups -OCH3 is 1. The molecule has 12 heteroatoms. The molecule has 0 spiro atoms. The first kappa shape index (κ1) is 33.2. The van der Waals surface area contributed by atoms with E-state index in [1.165, 1.54) is 11.6 Å². The predicted octanol–water partition coefficient (Wildman–Crippen LogP) is 0.286. The van der Waals surface area contributed by atoms with Gasteiger partial charge in [0.05, 0.1) is 18.9 Å². The zero-order valence-electron chi connectivity index (χ0n) is 19.3. The number of aliphatic carboxylic acids is 2. The molecule has 12 nitrogen and oxygen atoms in total. The number of carbonyl (C=O) groups is 3. The molecule has 0 radical (unpaired) electrons. The highest BCUT2D eigenvalue weighted by molar-refractivity contribution is 5.89. The van der Waals surface area contributed by atoms with E-state index in [-0.39, 0.29) is 28.4 Å². The van der Waals surface area contributed by atoms with Crippen molar-refractivity contribution in [2.45, 2.75) is 25.5 Å². The molecular weight excluding hydrogens is 464 g/mol. The Bertz CT molecular complexity index is 932. The zero-order valence-corrected chi connectivity index (χ0v) is 19.3. The number of aromatic hydroxyl groups is 1. The van der Waals surface area contributed by atoms with Gasteiger partial charge in [0.2, 0.25) is 6.41 Å². The van der Waals surface area contributed by atoms with Crippen molar-refractivity contribution in [1.82, 2.24) is 5.32 Å². The number of nitrogens with one attached hydrogen (secondary N) is 2. The standard InChI is InChI=1S/C19H24N2O4.C4H4O4.2H2O/c1-13(9-14-3-6-16(25-2)7-4-14)20-11-19(24)15-5-8-18(23)17(10-15)21-12-22;5-3(6)1-2-4(7)8;;/h3-8,10,12-13,19-20,23-24H,9,11H2,1-2H3,(H,21,22);1-2H,(H,5,6)(H,7,8);2*1H2/b;2-1+;;/t13-,19+;;;/m0.../s1. The van der Waals surface area contributed by atoms with Gasteiger partial charge in [0.15, 0.2) is 0 Å². The average molecular weight is 497 g/mol. The van der Waals surface area contributed by atoms with Crippen molar-refractivity contribution in [2.75, 3.05) is 19.0 Å². The van der Waals surface area contributed by atoms with Crippen molar-refractivity contribution in [3.8, 4) is 11.5 Å². The Morgan fingerprint density at radius 2 is 1.60 bits per heavy atom. The van der Waals surface area contributed by atoms with E-state index < -0.39 is 18.0 Å². The number of phenolic OH excluding ortho intramolecular Hbond substituents is 1. The van der Waals surface area contributed by atoms with Crippen LogP contribution < -0.4 is 15.4 Å². The van der Waals surface area contributed by atoms with Crippen LogP contribution in [0, 0.1) is 0 Å². The van der Waals surface area contributed by atoms with Crippen molar-refractivity contribution >= 4 is 24.0 Å². The molecule has 0 unspecified atom stereocenters. The molecule has 2 aromatic rings. The maximum Gasteiger partial charge on any atom is 0.328 e. The Morgan fingerprint density at radius 1 is 1.03 bits per heavy atom. The van der Waals surface area contributed by atoms with Gasteiger partial charge in [-0.3, -0.25) is 4.79 Å². The first-order valence-corrected chi connectivity index (χ1v) is 9.87. The minimum absolute atomic E-state index is 0. The van der Waals surface area contributed by atoms with Gasteiger partial charge in [-0.15, -0.1) is 0 Å². The third kappa shape index (κ3) is 13.4. The fraction of sp³-hybridized carbons (Fsp3) is 0.261. The van der Waals surface area contributed by atoms with E-state index in [4.69, 9.17) is 14.9 Å². The van der Waals surface area contributed by atoms with Gasteiger partial charge in [-0.1, -0.05) is 18.2 Å². The van der Waals surface area contributed by atoms with Gasteiger partial charge in [0, 0.05) is 24.7 Å². The molecule has 0 fully saturated rings. The molecule has 0 aliphatic heterocycles. The summed E-state index contributed by atoms with van der Waals surface area (Å²) in [5.74, 6) is -1.73. The third-order valence-electron chi connectivity index (χ3n) is 4.35. The Hall–Kier alpha value is -3.97. The fourth-order valence-corrected chi connectivity index (χ4v) is 2.70. The summed E-state index contributed by atoms with van der Waals surface area (Å²) in [5.41, 5.74) is 2.07. The van der Waals surface area contributed by atoms with Gasteiger partial charge < -0.3 is 46.7 Å². The Balaban J connectivity index is 0. The molecule has 2 rings (SSSR count). The second kappa shape index (κ2) is 17.5. The van der Waals surface area contributed by atoms with Crippen LogP contribution in [0.3, 0.4) is 0 Å². The number of amides is 1. The lowest BCUT2D eigenvalue weighted by Gasteiger charge is -2.18. The minimum Gasteiger partial charge on any atom is -0.506 e. The second-order valence-corrected chi connectivity index (χ2v) is 6.93. The molecule has 35 heavy (non-hydrogen) atoms. The maximum absolute atomic E-state index is 10.5. The lowest BCUT2D eigenvalue weighted by Crippen LogP contribution is -2.32. The van der Waals surface area contributed by atoms with Gasteiger partial charge >= 0.3 is 11.9 Å². The number of rotatable bonds is 11. The molecule has 0 saturated carbocycles. The number of carbonyl (C=O) groups excluding carboxylic acids is 1. The van der Waals surface area contributed by atoms with Crippen LogP contribution in [0.15, 0.2) is 54.6 Å². The molecule has 0 aliphatic rings. The summed E-state index contributed by atoms with van der Waals surface area (Å²) >= 11 is 0. The molecule has 194 valence electrons. The summed E-state index contributed by atoms with van der Waals surface area (Å²) in [7, 11) is 1.64. The third-order valence-corrected chi connectivity index (χ3v) is 4.35. The van der Waals surface area contributed by atoms with Gasteiger partial charge in [-0.2, -0.15) is 0 Å². The molecule has 1 amide bonds. The van der Waals surface area contributed by atoms with E-state index in [2.05, 4.69) is 10.6 Å². The Kier molecular flexibility index (Phi) is 16.6. The van der Waals surface area contributed by atoms with Crippen LogP contribution >= 0.6 is 0 Å². The van der Waals surface area contributed by atoms with Crippen LogP contribution in [0.1, 0.15) is 24.2 Å². The lowest BCUT2D eigenvalue weighted by atomic mass is 10.1. The molecule has 0 bridgehead atoms. The van der Waals surface area contributed by atoms with Crippen molar-refractivity contribution < 1.29 is 50.5 Å². The van der Waals surface area contributed by atoms with Crippen LogP contribution in [-0.2, 0) is 20.8 Å². The number of phenols is 1. The van der Waals surface area contributed by atoms with Gasteiger partial charge in [0.1, 0.15) is 11.5 Å². The van der Waals surface area contributed by atoms with Crippen LogP contribution in [-0.4, -0.2) is 69.4 Å². The van der Waals surface area contributed by atoms with Crippen LogP contribution in [0.2, 0.25) is 0 Å². The topological polar surface area (TPSA) is 228 Å². The highest BCUT2D eigenvalue weighted by Gasteiger charge is 2.12. The number of hydrogen-bond donors (Lipinski definition) is 6. The van der Waals surface area contributed by atoms with Crippen molar-refractivity contribution in [2.24, 2.45) is 0 Å². The number of carboxylic acid groups (broad SMARTS) is 2. The highest BCUT2D eigenvalue weighted by atomic mass is 16.5. The first-order valence-electron chi connectivity index (χ1n) is 9.87. The Morgan fingerprint density at radius 3 is 2.09 bits per heavy atom. The van der Waals surface area contributed by atoms with Crippen LogP contribution in [0.25, 0.3) is 0 Å². The quantitative estimate of drug-likeness (QED) is 0.142. The smallest absolute Gasteiger partial charge is 0.328 e. The SMILES string of the molecule is COc1ccc(C[C@H](C)NC[C@@H](O)c2ccc(O)c(NC=O)c2)cc1.O.O.O=C(O)/C=C/C(=O)O. The van der Waals surface area contributed by atoms with E-state index in [1.807, 2.05) is 31.2 Å². The van der Waals surface area contributed by atoms with Crippen LogP contribution in [0.5, 0.6) is 11.5 Å². The molecule has 2 aromatic carbocycles. The van der Waals surface area contributed by atoms with E-state index in [0.717, 1.165) is 12.2 Å². The number of ether oxygens (including phenoxy) is 1. The average Bonchev–Trinajstić information content (AvgIpc) is 2.78. The summed E-state index contributed by atoms with van der Waals surface area (Å²) < 4.78 is 5.14. The predicted molar refractivity (Wildman–Crippen MR) is 129 cm³/mol. The number of hydrogen-bond acceptors (Lipinski definition) is 7. The van der Waals surface area contributed by atoms with Crippen molar-refractivity contribution in [1.29, 1.82) is 0 Å². The lowest BCUT2D eigenvalue weighted by molar-refractivity contribution is -0.134. The first-order chi connectivity index (χ1) is 15.7. The largest absolute Gasteiger partial charge is 0.506 e.